The van der Waals surface area contributed by atoms with Crippen LogP contribution in [0.3, 0.4) is 0 Å². The molecule has 0 fully saturated rings. The van der Waals surface area contributed by atoms with E-state index in [0.29, 0.717) is 22.5 Å². The lowest BCUT2D eigenvalue weighted by molar-refractivity contribution is -0.118. The Morgan fingerprint density at radius 2 is 1.92 bits per heavy atom. The first-order chi connectivity index (χ1) is 17.9. The Balaban J connectivity index is 1.69. The average Bonchev–Trinajstić information content (AvgIpc) is 3.47. The lowest BCUT2D eigenvalue weighted by Crippen LogP contribution is -2.21. The van der Waals surface area contributed by atoms with Crippen molar-refractivity contribution in [3.8, 4) is 40.2 Å². The van der Waals surface area contributed by atoms with Crippen molar-refractivity contribution in [2.45, 2.75) is 32.4 Å². The van der Waals surface area contributed by atoms with Crippen molar-refractivity contribution in [2.75, 3.05) is 0 Å². The summed E-state index contributed by atoms with van der Waals surface area (Å²) in [6.45, 7) is 3.81. The van der Waals surface area contributed by atoms with E-state index in [9.17, 15) is 10.1 Å². The molecule has 4 aromatic rings. The Bertz CT molecular complexity index is 1530. The number of hydrogen-bond acceptors (Lipinski definition) is 7. The normalized spacial score (nSPS) is 14.7. The van der Waals surface area contributed by atoms with Crippen LogP contribution in [0.1, 0.15) is 30.9 Å². The lowest BCUT2D eigenvalue weighted by Gasteiger charge is -2.24. The Kier molecular flexibility index (Phi) is 6.11. The molecule has 3 heterocycles. The molecule has 10 nitrogen and oxygen atoms in total. The van der Waals surface area contributed by atoms with Crippen molar-refractivity contribution in [3.05, 3.63) is 83.4 Å². The number of aromatic nitrogens is 4. The summed E-state index contributed by atoms with van der Waals surface area (Å²) < 4.78 is 13.0. The highest BCUT2D eigenvalue weighted by atomic mass is 16.5. The quantitative estimate of drug-likeness (QED) is 0.354. The Labute approximate surface area is 213 Å². The lowest BCUT2D eigenvalue weighted by atomic mass is 9.82. The Morgan fingerprint density at radius 1 is 1.19 bits per heavy atom. The van der Waals surface area contributed by atoms with Gasteiger partial charge >= 0.3 is 0 Å². The van der Waals surface area contributed by atoms with Crippen molar-refractivity contribution in [1.29, 1.82) is 5.26 Å². The van der Waals surface area contributed by atoms with Gasteiger partial charge in [-0.25, -0.2) is 0 Å². The molecular weight excluding hydrogens is 470 g/mol. The predicted molar refractivity (Wildman–Crippen MR) is 136 cm³/mol. The Morgan fingerprint density at radius 3 is 2.57 bits per heavy atom. The van der Waals surface area contributed by atoms with Crippen LogP contribution in [-0.4, -0.2) is 32.0 Å². The molecular formula is C27H25N7O3. The molecule has 0 saturated carbocycles. The molecule has 1 aliphatic heterocycles. The minimum absolute atomic E-state index is 0.0413. The first-order valence-corrected chi connectivity index (χ1v) is 11.7. The highest BCUT2D eigenvalue weighted by Crippen LogP contribution is 2.47. The fourth-order valence-electron chi connectivity index (χ4n) is 4.46. The van der Waals surface area contributed by atoms with Crippen LogP contribution in [0.5, 0.6) is 11.6 Å². The molecule has 0 spiro atoms. The number of nitrogens with two attached hydrogens (primary N) is 2. The third-order valence-corrected chi connectivity index (χ3v) is 5.92. The van der Waals surface area contributed by atoms with Crippen LogP contribution in [0.25, 0.3) is 22.5 Å². The van der Waals surface area contributed by atoms with Gasteiger partial charge in [-0.2, -0.15) is 10.4 Å². The van der Waals surface area contributed by atoms with Gasteiger partial charge in [0, 0.05) is 22.9 Å². The maximum Gasteiger partial charge on any atom is 0.244 e. The molecule has 5 rings (SSSR count). The summed E-state index contributed by atoms with van der Waals surface area (Å²) in [5, 5.41) is 22.2. The molecule has 2 aromatic heterocycles. The van der Waals surface area contributed by atoms with Gasteiger partial charge in [-0.15, -0.1) is 5.10 Å². The molecule has 2 aromatic carbocycles. The largest absolute Gasteiger partial charge is 0.491 e. The maximum atomic E-state index is 11.7. The summed E-state index contributed by atoms with van der Waals surface area (Å²) in [6, 6.07) is 19.3. The molecule has 0 radical (unpaired) electrons. The fourth-order valence-corrected chi connectivity index (χ4v) is 4.46. The Hall–Kier alpha value is -5.04. The second-order valence-electron chi connectivity index (χ2n) is 8.90. The monoisotopic (exact) mass is 495 g/mol. The molecule has 186 valence electrons. The molecule has 1 unspecified atom stereocenters. The van der Waals surface area contributed by atoms with Gasteiger partial charge < -0.3 is 20.9 Å². The second kappa shape index (κ2) is 9.54. The predicted octanol–water partition coefficient (Wildman–Crippen LogP) is 3.43. The van der Waals surface area contributed by atoms with E-state index in [-0.39, 0.29) is 30.0 Å². The van der Waals surface area contributed by atoms with Crippen molar-refractivity contribution >= 4 is 5.91 Å². The summed E-state index contributed by atoms with van der Waals surface area (Å²) in [5.41, 5.74) is 16.0. The van der Waals surface area contributed by atoms with Gasteiger partial charge in [0.1, 0.15) is 23.9 Å². The van der Waals surface area contributed by atoms with Gasteiger partial charge in [-0.1, -0.05) is 30.3 Å². The molecule has 1 amide bonds. The number of nitrogens with one attached hydrogen (secondary N) is 1. The smallest absolute Gasteiger partial charge is 0.244 e. The van der Waals surface area contributed by atoms with E-state index in [1.54, 1.807) is 6.20 Å². The second-order valence-corrected chi connectivity index (χ2v) is 8.90. The molecule has 37 heavy (non-hydrogen) atoms. The number of aromatic amines is 1. The van der Waals surface area contributed by atoms with Crippen LogP contribution in [0.15, 0.2) is 72.3 Å². The summed E-state index contributed by atoms with van der Waals surface area (Å²) in [4.78, 5) is 11.7. The van der Waals surface area contributed by atoms with Crippen molar-refractivity contribution < 1.29 is 14.3 Å². The SMILES string of the molecule is CC(C)Oc1ccc(-c2[nH]nc3c2C(c2cn(CC(N)=O)nc2-c2ccccc2)C(C#N)=C(N)O3)cc1. The van der Waals surface area contributed by atoms with Gasteiger partial charge in [0.25, 0.3) is 0 Å². The molecule has 0 saturated heterocycles. The van der Waals surface area contributed by atoms with Crippen LogP contribution in [0.4, 0.5) is 0 Å². The van der Waals surface area contributed by atoms with E-state index in [0.717, 1.165) is 16.9 Å². The zero-order valence-electron chi connectivity index (χ0n) is 20.3. The fraction of sp³-hybridized carbons (Fsp3) is 0.185. The zero-order valence-corrected chi connectivity index (χ0v) is 20.3. The summed E-state index contributed by atoms with van der Waals surface area (Å²) >= 11 is 0. The van der Waals surface area contributed by atoms with Crippen LogP contribution in [0, 0.1) is 11.3 Å². The number of carbonyl (C=O) groups excluding carboxylic acids is 1. The first kappa shape index (κ1) is 23.7. The van der Waals surface area contributed by atoms with Crippen molar-refractivity contribution in [3.63, 3.8) is 0 Å². The number of nitrogens with zero attached hydrogens (tertiary/aromatic N) is 4. The molecule has 1 aliphatic rings. The van der Waals surface area contributed by atoms with Gasteiger partial charge in [-0.05, 0) is 38.1 Å². The van der Waals surface area contributed by atoms with Gasteiger partial charge in [0.2, 0.25) is 17.7 Å². The standard InChI is InChI=1S/C27H25N7O3/c1-15(2)36-18-10-8-17(9-11-18)25-23-22(19(12-28)26(30)37-27(23)32-31-25)20-13-34(14-21(29)35)33-24(20)16-6-4-3-5-7-16/h3-11,13,15,22H,14,30H2,1-2H3,(H2,29,35)(H,31,32). The van der Waals surface area contributed by atoms with Crippen LogP contribution < -0.4 is 20.9 Å². The third-order valence-electron chi connectivity index (χ3n) is 5.92. The number of hydrogen-bond donors (Lipinski definition) is 3. The molecule has 0 aliphatic carbocycles. The van der Waals surface area contributed by atoms with Crippen LogP contribution >= 0.6 is 0 Å². The van der Waals surface area contributed by atoms with Crippen LogP contribution in [0.2, 0.25) is 0 Å². The minimum atomic E-state index is -0.661. The maximum absolute atomic E-state index is 11.7. The highest BCUT2D eigenvalue weighted by Gasteiger charge is 2.38. The van der Waals surface area contributed by atoms with Gasteiger partial charge in [0.05, 0.1) is 29.0 Å². The number of ether oxygens (including phenoxy) is 2. The number of H-pyrrole nitrogens is 1. The number of benzene rings is 2. The number of primary amides is 1. The number of fused-ring (bicyclic) bond motifs is 1. The number of allylic oxidation sites excluding steroid dienone is 1. The topological polar surface area (TPSA) is 158 Å². The number of amides is 1. The molecule has 1 atom stereocenters. The third kappa shape index (κ3) is 4.50. The van der Waals surface area contributed by atoms with E-state index < -0.39 is 11.8 Å². The summed E-state index contributed by atoms with van der Waals surface area (Å²) in [5.74, 6) is -0.238. The van der Waals surface area contributed by atoms with E-state index in [4.69, 9.17) is 20.9 Å². The zero-order chi connectivity index (χ0) is 26.1. The van der Waals surface area contributed by atoms with Crippen molar-refractivity contribution in [1.82, 2.24) is 20.0 Å². The highest BCUT2D eigenvalue weighted by molar-refractivity contribution is 5.76. The van der Waals surface area contributed by atoms with E-state index >= 15 is 0 Å². The van der Waals surface area contributed by atoms with Crippen molar-refractivity contribution in [2.24, 2.45) is 11.5 Å². The van der Waals surface area contributed by atoms with Crippen LogP contribution in [-0.2, 0) is 11.3 Å². The van der Waals surface area contributed by atoms with Gasteiger partial charge in [0.15, 0.2) is 0 Å². The van der Waals surface area contributed by atoms with E-state index in [1.807, 2.05) is 68.4 Å². The van der Waals surface area contributed by atoms with E-state index in [2.05, 4.69) is 21.4 Å². The summed E-state index contributed by atoms with van der Waals surface area (Å²) in [6.07, 6.45) is 1.76. The minimum Gasteiger partial charge on any atom is -0.491 e. The molecule has 5 N–H and O–H groups in total. The molecule has 0 bridgehead atoms. The number of nitriles is 1. The van der Waals surface area contributed by atoms with E-state index in [1.165, 1.54) is 4.68 Å². The first-order valence-electron chi connectivity index (χ1n) is 11.7. The number of carbonyl (C=O) groups is 1. The molecule has 10 heteroatoms. The summed E-state index contributed by atoms with van der Waals surface area (Å²) in [7, 11) is 0. The average molecular weight is 496 g/mol. The number of rotatable bonds is 7. The van der Waals surface area contributed by atoms with Gasteiger partial charge in [-0.3, -0.25) is 14.6 Å².